The zero-order valence-corrected chi connectivity index (χ0v) is 6.14. The minimum Gasteiger partial charge on any atom is -0.378 e. The van der Waals surface area contributed by atoms with Gasteiger partial charge >= 0.3 is 0 Å². The van der Waals surface area contributed by atoms with Crippen LogP contribution >= 0.6 is 0 Å². The minimum atomic E-state index is -0.136. The van der Waals surface area contributed by atoms with Gasteiger partial charge in [0, 0.05) is 13.1 Å². The molecule has 1 rings (SSSR count). The van der Waals surface area contributed by atoms with E-state index < -0.39 is 0 Å². The zero-order chi connectivity index (χ0) is 7.40. The van der Waals surface area contributed by atoms with Crippen LogP contribution in [-0.2, 0) is 4.74 Å². The molecule has 0 aromatic rings. The highest BCUT2D eigenvalue weighted by molar-refractivity contribution is 4.89. The first-order chi connectivity index (χ1) is 4.84. The van der Waals surface area contributed by atoms with E-state index in [0.717, 1.165) is 0 Å². The normalized spacial score (nSPS) is 21.4. The molecule has 0 unspecified atom stereocenters. The molecule has 3 heteroatoms. The van der Waals surface area contributed by atoms with Gasteiger partial charge in [-0.25, -0.2) is 0 Å². The highest BCUT2D eigenvalue weighted by Crippen LogP contribution is 2.07. The Labute approximate surface area is 60.3 Å². The summed E-state index contributed by atoms with van der Waals surface area (Å²) in [6.45, 7) is 4.33. The second kappa shape index (κ2) is 3.56. The van der Waals surface area contributed by atoms with E-state index in [9.17, 15) is 4.39 Å². The molecule has 1 aliphatic heterocycles. The fourth-order valence-corrected chi connectivity index (χ4v) is 0.960. The molecule has 2 nitrogen and oxygen atoms in total. The van der Waals surface area contributed by atoms with E-state index in [-0.39, 0.29) is 5.95 Å². The molecule has 0 amide bonds. The van der Waals surface area contributed by atoms with Crippen molar-refractivity contribution in [3.05, 3.63) is 12.0 Å². The average molecular weight is 145 g/mol. The molecule has 0 radical (unpaired) electrons. The van der Waals surface area contributed by atoms with Crippen molar-refractivity contribution in [3.63, 3.8) is 0 Å². The molecule has 1 aliphatic rings. The van der Waals surface area contributed by atoms with Crippen LogP contribution in [0.3, 0.4) is 0 Å². The standard InChI is InChI=1S/C7H12FNO/c1-2-7(8)9-3-5-10-6-4-9/h2H,3-6H2,1H3/b7-2-. The lowest BCUT2D eigenvalue weighted by Crippen LogP contribution is -2.34. The van der Waals surface area contributed by atoms with E-state index in [1.165, 1.54) is 6.08 Å². The molecule has 1 fully saturated rings. The third-order valence-electron chi connectivity index (χ3n) is 1.55. The summed E-state index contributed by atoms with van der Waals surface area (Å²) < 4.78 is 17.8. The third kappa shape index (κ3) is 1.70. The molecule has 0 aliphatic carbocycles. The first-order valence-electron chi connectivity index (χ1n) is 3.49. The predicted octanol–water partition coefficient (Wildman–Crippen LogP) is 1.15. The van der Waals surface area contributed by atoms with Gasteiger partial charge in [0.1, 0.15) is 0 Å². The Kier molecular flexibility index (Phi) is 2.68. The Morgan fingerprint density at radius 3 is 2.60 bits per heavy atom. The smallest absolute Gasteiger partial charge is 0.185 e. The molecule has 0 aromatic heterocycles. The highest BCUT2D eigenvalue weighted by atomic mass is 19.1. The lowest BCUT2D eigenvalue weighted by atomic mass is 10.4. The molecule has 0 bridgehead atoms. The van der Waals surface area contributed by atoms with Gasteiger partial charge in [-0.15, -0.1) is 0 Å². The summed E-state index contributed by atoms with van der Waals surface area (Å²) in [5.74, 6) is -0.136. The number of hydrogen-bond acceptors (Lipinski definition) is 2. The second-order valence-corrected chi connectivity index (χ2v) is 2.21. The maximum absolute atomic E-state index is 12.7. The summed E-state index contributed by atoms with van der Waals surface area (Å²) in [5, 5.41) is 0. The van der Waals surface area contributed by atoms with Crippen LogP contribution in [0.4, 0.5) is 4.39 Å². The van der Waals surface area contributed by atoms with Crippen LogP contribution in [0.2, 0.25) is 0 Å². The summed E-state index contributed by atoms with van der Waals surface area (Å²) in [6, 6.07) is 0. The van der Waals surface area contributed by atoms with Crippen LogP contribution in [0.5, 0.6) is 0 Å². The van der Waals surface area contributed by atoms with Crippen LogP contribution in [0.1, 0.15) is 6.92 Å². The van der Waals surface area contributed by atoms with Crippen LogP contribution in [0.15, 0.2) is 12.0 Å². The maximum atomic E-state index is 12.7. The van der Waals surface area contributed by atoms with Gasteiger partial charge in [0.05, 0.1) is 13.2 Å². The first-order valence-corrected chi connectivity index (χ1v) is 3.49. The third-order valence-corrected chi connectivity index (χ3v) is 1.55. The quantitative estimate of drug-likeness (QED) is 0.513. The fraction of sp³-hybridized carbons (Fsp3) is 0.714. The summed E-state index contributed by atoms with van der Waals surface area (Å²) in [6.07, 6.45) is 1.48. The van der Waals surface area contributed by atoms with E-state index in [4.69, 9.17) is 4.74 Å². The van der Waals surface area contributed by atoms with Crippen molar-refractivity contribution in [2.75, 3.05) is 26.3 Å². The van der Waals surface area contributed by atoms with Crippen LogP contribution in [-0.4, -0.2) is 31.2 Å². The molecular formula is C7H12FNO. The monoisotopic (exact) mass is 145 g/mol. The van der Waals surface area contributed by atoms with Crippen molar-refractivity contribution in [3.8, 4) is 0 Å². The molecule has 0 saturated carbocycles. The number of halogens is 1. The van der Waals surface area contributed by atoms with Crippen LogP contribution in [0.25, 0.3) is 0 Å². The number of rotatable bonds is 1. The van der Waals surface area contributed by atoms with E-state index in [2.05, 4.69) is 0 Å². The van der Waals surface area contributed by atoms with E-state index in [0.29, 0.717) is 26.3 Å². The Bertz CT molecular complexity index is 130. The molecule has 0 N–H and O–H groups in total. The predicted molar refractivity (Wildman–Crippen MR) is 37.3 cm³/mol. The zero-order valence-electron chi connectivity index (χ0n) is 6.14. The first kappa shape index (κ1) is 7.54. The summed E-state index contributed by atoms with van der Waals surface area (Å²) in [7, 11) is 0. The number of morpholine rings is 1. The number of ether oxygens (including phenoxy) is 1. The Balaban J connectivity index is 2.39. The molecular weight excluding hydrogens is 133 g/mol. The average Bonchev–Trinajstić information content (AvgIpc) is 2.05. The van der Waals surface area contributed by atoms with Crippen LogP contribution < -0.4 is 0 Å². The SMILES string of the molecule is C/C=C(/F)N1CCOCC1. The minimum absolute atomic E-state index is 0.136. The van der Waals surface area contributed by atoms with Crippen LogP contribution in [0, 0.1) is 0 Å². The van der Waals surface area contributed by atoms with Gasteiger partial charge in [-0.1, -0.05) is 0 Å². The molecule has 58 valence electrons. The van der Waals surface area contributed by atoms with Crippen molar-refractivity contribution >= 4 is 0 Å². The molecule has 0 spiro atoms. The van der Waals surface area contributed by atoms with Gasteiger partial charge in [-0.3, -0.25) is 0 Å². The van der Waals surface area contributed by atoms with Gasteiger partial charge in [0.25, 0.3) is 0 Å². The Morgan fingerprint density at radius 2 is 2.10 bits per heavy atom. The van der Waals surface area contributed by atoms with Gasteiger partial charge in [-0.05, 0) is 13.0 Å². The van der Waals surface area contributed by atoms with Crippen molar-refractivity contribution in [2.45, 2.75) is 6.92 Å². The molecule has 0 aromatic carbocycles. The molecule has 0 atom stereocenters. The maximum Gasteiger partial charge on any atom is 0.185 e. The number of allylic oxidation sites excluding steroid dienone is 1. The van der Waals surface area contributed by atoms with E-state index >= 15 is 0 Å². The Hall–Kier alpha value is -0.570. The number of nitrogens with zero attached hydrogens (tertiary/aromatic N) is 1. The van der Waals surface area contributed by atoms with E-state index in [1.54, 1.807) is 11.8 Å². The summed E-state index contributed by atoms with van der Waals surface area (Å²) in [5.41, 5.74) is 0. The number of hydrogen-bond donors (Lipinski definition) is 0. The molecule has 10 heavy (non-hydrogen) atoms. The highest BCUT2D eigenvalue weighted by Gasteiger charge is 2.11. The summed E-state index contributed by atoms with van der Waals surface area (Å²) in [4.78, 5) is 1.68. The van der Waals surface area contributed by atoms with Crippen molar-refractivity contribution in [1.82, 2.24) is 4.90 Å². The topological polar surface area (TPSA) is 12.5 Å². The van der Waals surface area contributed by atoms with Gasteiger partial charge < -0.3 is 9.64 Å². The second-order valence-electron chi connectivity index (χ2n) is 2.21. The lowest BCUT2D eigenvalue weighted by molar-refractivity contribution is 0.0423. The fourth-order valence-electron chi connectivity index (χ4n) is 0.960. The van der Waals surface area contributed by atoms with Gasteiger partial charge in [0.2, 0.25) is 0 Å². The molecule has 1 saturated heterocycles. The van der Waals surface area contributed by atoms with E-state index in [1.807, 2.05) is 0 Å². The van der Waals surface area contributed by atoms with Crippen molar-refractivity contribution < 1.29 is 9.13 Å². The van der Waals surface area contributed by atoms with Gasteiger partial charge in [0.15, 0.2) is 5.95 Å². The summed E-state index contributed by atoms with van der Waals surface area (Å²) >= 11 is 0. The van der Waals surface area contributed by atoms with Crippen molar-refractivity contribution in [2.24, 2.45) is 0 Å². The van der Waals surface area contributed by atoms with Crippen molar-refractivity contribution in [1.29, 1.82) is 0 Å². The molecule has 1 heterocycles. The Morgan fingerprint density at radius 1 is 1.50 bits per heavy atom. The van der Waals surface area contributed by atoms with Gasteiger partial charge in [-0.2, -0.15) is 4.39 Å². The lowest BCUT2D eigenvalue weighted by Gasteiger charge is -2.26. The largest absolute Gasteiger partial charge is 0.378 e.